The SMILES string of the molecule is O=C(NCC1CCCN(C(=O)c2ccccc2C(F)(F)F)C1)c1ccncc1Cl. The molecule has 154 valence electrons. The Balaban J connectivity index is 1.65. The summed E-state index contributed by atoms with van der Waals surface area (Å²) in [5.74, 6) is -1.07. The molecule has 0 saturated carbocycles. The third-order valence-electron chi connectivity index (χ3n) is 4.84. The number of benzene rings is 1. The van der Waals surface area contributed by atoms with E-state index in [4.69, 9.17) is 11.6 Å². The van der Waals surface area contributed by atoms with Crippen LogP contribution in [0.25, 0.3) is 0 Å². The average molecular weight is 426 g/mol. The molecule has 2 heterocycles. The Morgan fingerprint density at radius 3 is 2.69 bits per heavy atom. The number of likely N-dealkylation sites (tertiary alicyclic amines) is 1. The lowest BCUT2D eigenvalue weighted by atomic mass is 9.96. The van der Waals surface area contributed by atoms with Crippen molar-refractivity contribution in [3.8, 4) is 0 Å². The van der Waals surface area contributed by atoms with Crippen molar-refractivity contribution in [3.05, 3.63) is 64.4 Å². The quantitative estimate of drug-likeness (QED) is 0.804. The first kappa shape index (κ1) is 21.1. The van der Waals surface area contributed by atoms with E-state index in [0.717, 1.165) is 12.5 Å². The third kappa shape index (κ3) is 5.06. The van der Waals surface area contributed by atoms with Crippen molar-refractivity contribution in [1.29, 1.82) is 0 Å². The molecule has 1 saturated heterocycles. The van der Waals surface area contributed by atoms with Crippen molar-refractivity contribution in [3.63, 3.8) is 0 Å². The molecule has 1 atom stereocenters. The number of piperidine rings is 1. The summed E-state index contributed by atoms with van der Waals surface area (Å²) < 4.78 is 39.7. The lowest BCUT2D eigenvalue weighted by Gasteiger charge is -2.33. The van der Waals surface area contributed by atoms with Crippen molar-refractivity contribution >= 4 is 23.4 Å². The zero-order chi connectivity index (χ0) is 21.0. The summed E-state index contributed by atoms with van der Waals surface area (Å²) in [6.45, 7) is 0.948. The fourth-order valence-electron chi connectivity index (χ4n) is 3.39. The van der Waals surface area contributed by atoms with Crippen LogP contribution in [-0.4, -0.2) is 41.3 Å². The van der Waals surface area contributed by atoms with Crippen LogP contribution in [-0.2, 0) is 6.18 Å². The Labute approximate surface area is 170 Å². The number of pyridine rings is 1. The molecule has 1 aromatic heterocycles. The summed E-state index contributed by atoms with van der Waals surface area (Å²) in [7, 11) is 0. The monoisotopic (exact) mass is 425 g/mol. The van der Waals surface area contributed by atoms with Crippen molar-refractivity contribution in [2.75, 3.05) is 19.6 Å². The predicted molar refractivity (Wildman–Crippen MR) is 102 cm³/mol. The number of hydrogen-bond donors (Lipinski definition) is 1. The Hall–Kier alpha value is -2.61. The highest BCUT2D eigenvalue weighted by atomic mass is 35.5. The molecule has 2 aromatic rings. The molecule has 1 aromatic carbocycles. The number of nitrogens with zero attached hydrogens (tertiary/aromatic N) is 2. The minimum atomic E-state index is -4.60. The van der Waals surface area contributed by atoms with E-state index in [0.29, 0.717) is 25.1 Å². The van der Waals surface area contributed by atoms with Gasteiger partial charge in [-0.25, -0.2) is 0 Å². The third-order valence-corrected chi connectivity index (χ3v) is 5.14. The maximum atomic E-state index is 13.2. The number of rotatable bonds is 4. The molecule has 0 bridgehead atoms. The van der Waals surface area contributed by atoms with Crippen LogP contribution < -0.4 is 5.32 Å². The maximum absolute atomic E-state index is 13.2. The minimum absolute atomic E-state index is 0.0599. The van der Waals surface area contributed by atoms with Gasteiger partial charge in [-0.2, -0.15) is 13.2 Å². The molecular formula is C20H19ClF3N3O2. The van der Waals surface area contributed by atoms with Gasteiger partial charge >= 0.3 is 6.18 Å². The first-order valence-corrected chi connectivity index (χ1v) is 9.48. The lowest BCUT2D eigenvalue weighted by Crippen LogP contribution is -2.44. The second-order valence-corrected chi connectivity index (χ2v) is 7.28. The summed E-state index contributed by atoms with van der Waals surface area (Å²) in [6.07, 6.45) is -0.361. The van der Waals surface area contributed by atoms with Crippen LogP contribution in [0.2, 0.25) is 5.02 Å². The van der Waals surface area contributed by atoms with Gasteiger partial charge in [0.15, 0.2) is 0 Å². The highest BCUT2D eigenvalue weighted by Crippen LogP contribution is 2.33. The summed E-state index contributed by atoms with van der Waals surface area (Å²) in [4.78, 5) is 30.2. The van der Waals surface area contributed by atoms with Gasteiger partial charge < -0.3 is 10.2 Å². The molecule has 0 aliphatic carbocycles. The van der Waals surface area contributed by atoms with E-state index in [1.165, 1.54) is 41.6 Å². The van der Waals surface area contributed by atoms with Gasteiger partial charge in [-0.15, -0.1) is 0 Å². The molecule has 1 aliphatic rings. The van der Waals surface area contributed by atoms with Crippen LogP contribution in [0.15, 0.2) is 42.7 Å². The normalized spacial score (nSPS) is 17.1. The Morgan fingerprint density at radius 2 is 1.97 bits per heavy atom. The molecular weight excluding hydrogens is 407 g/mol. The Bertz CT molecular complexity index is 905. The first-order valence-electron chi connectivity index (χ1n) is 9.10. The molecule has 5 nitrogen and oxygen atoms in total. The number of carbonyl (C=O) groups excluding carboxylic acids is 2. The molecule has 1 N–H and O–H groups in total. The maximum Gasteiger partial charge on any atom is 0.417 e. The van der Waals surface area contributed by atoms with Crippen LogP contribution in [0.4, 0.5) is 13.2 Å². The van der Waals surface area contributed by atoms with E-state index in [2.05, 4.69) is 10.3 Å². The van der Waals surface area contributed by atoms with E-state index in [9.17, 15) is 22.8 Å². The Morgan fingerprint density at radius 1 is 1.21 bits per heavy atom. The predicted octanol–water partition coefficient (Wildman–Crippen LogP) is 4.04. The molecule has 29 heavy (non-hydrogen) atoms. The molecule has 9 heteroatoms. The Kier molecular flexibility index (Phi) is 6.42. The number of nitrogens with one attached hydrogen (secondary N) is 1. The largest absolute Gasteiger partial charge is 0.417 e. The van der Waals surface area contributed by atoms with Gasteiger partial charge in [-0.05, 0) is 37.0 Å². The van der Waals surface area contributed by atoms with Crippen LogP contribution in [0.5, 0.6) is 0 Å². The number of carbonyl (C=O) groups is 2. The molecule has 0 radical (unpaired) electrons. The highest BCUT2D eigenvalue weighted by Gasteiger charge is 2.36. The number of halogens is 4. The van der Waals surface area contributed by atoms with Crippen molar-refractivity contribution in [2.24, 2.45) is 5.92 Å². The van der Waals surface area contributed by atoms with Crippen LogP contribution in [0.1, 0.15) is 39.1 Å². The first-order chi connectivity index (χ1) is 13.8. The van der Waals surface area contributed by atoms with Gasteiger partial charge in [0, 0.05) is 32.0 Å². The zero-order valence-electron chi connectivity index (χ0n) is 15.4. The summed E-state index contributed by atoms with van der Waals surface area (Å²) in [5.41, 5.74) is -0.995. The summed E-state index contributed by atoms with van der Waals surface area (Å²) in [5, 5.41) is 3.01. The van der Waals surface area contributed by atoms with Crippen LogP contribution in [0, 0.1) is 5.92 Å². The van der Waals surface area contributed by atoms with Crippen molar-refractivity contribution < 1.29 is 22.8 Å². The molecule has 1 aliphatic heterocycles. The van der Waals surface area contributed by atoms with Crippen molar-refractivity contribution in [2.45, 2.75) is 19.0 Å². The number of aromatic nitrogens is 1. The molecule has 3 rings (SSSR count). The summed E-state index contributed by atoms with van der Waals surface area (Å²) >= 11 is 5.96. The molecule has 1 unspecified atom stereocenters. The van der Waals surface area contributed by atoms with Gasteiger partial charge in [0.05, 0.1) is 21.7 Å². The van der Waals surface area contributed by atoms with Gasteiger partial charge in [-0.3, -0.25) is 14.6 Å². The second kappa shape index (κ2) is 8.82. The van der Waals surface area contributed by atoms with E-state index in [-0.39, 0.29) is 29.0 Å². The molecule has 0 spiro atoms. The lowest BCUT2D eigenvalue weighted by molar-refractivity contribution is -0.138. The fourth-order valence-corrected chi connectivity index (χ4v) is 3.60. The van der Waals surface area contributed by atoms with E-state index in [1.807, 2.05) is 0 Å². The number of hydrogen-bond acceptors (Lipinski definition) is 3. The molecule has 2 amide bonds. The second-order valence-electron chi connectivity index (χ2n) is 6.87. The number of amides is 2. The van der Waals surface area contributed by atoms with Crippen LogP contribution >= 0.6 is 11.6 Å². The minimum Gasteiger partial charge on any atom is -0.352 e. The van der Waals surface area contributed by atoms with E-state index >= 15 is 0 Å². The van der Waals surface area contributed by atoms with Crippen LogP contribution in [0.3, 0.4) is 0 Å². The van der Waals surface area contributed by atoms with E-state index < -0.39 is 17.6 Å². The van der Waals surface area contributed by atoms with Crippen molar-refractivity contribution in [1.82, 2.24) is 15.2 Å². The zero-order valence-corrected chi connectivity index (χ0v) is 16.1. The standard InChI is InChI=1S/C20H19ClF3N3O2/c21-17-11-25-8-7-15(17)18(28)26-10-13-4-3-9-27(12-13)19(29)14-5-1-2-6-16(14)20(22,23)24/h1-2,5-8,11,13H,3-4,9-10,12H2,(H,26,28). The summed E-state index contributed by atoms with van der Waals surface area (Å²) in [6, 6.07) is 6.29. The smallest absolute Gasteiger partial charge is 0.352 e. The topological polar surface area (TPSA) is 62.3 Å². The average Bonchev–Trinajstić information content (AvgIpc) is 2.71. The number of alkyl halides is 3. The van der Waals surface area contributed by atoms with Gasteiger partial charge in [0.25, 0.3) is 11.8 Å². The van der Waals surface area contributed by atoms with Gasteiger partial charge in [0.2, 0.25) is 0 Å². The molecule has 1 fully saturated rings. The highest BCUT2D eigenvalue weighted by molar-refractivity contribution is 6.33. The fraction of sp³-hybridized carbons (Fsp3) is 0.350. The van der Waals surface area contributed by atoms with Gasteiger partial charge in [-0.1, -0.05) is 23.7 Å². The van der Waals surface area contributed by atoms with Gasteiger partial charge in [0.1, 0.15) is 0 Å². The van der Waals surface area contributed by atoms with E-state index in [1.54, 1.807) is 0 Å².